The zero-order chi connectivity index (χ0) is 24.0. The summed E-state index contributed by atoms with van der Waals surface area (Å²) in [6.45, 7) is -0.152. The first-order valence-electron chi connectivity index (χ1n) is 10.8. The van der Waals surface area contributed by atoms with E-state index in [2.05, 4.69) is 10.0 Å². The van der Waals surface area contributed by atoms with Gasteiger partial charge in [0.2, 0.25) is 0 Å². The highest BCUT2D eigenvalue weighted by atomic mass is 17.1. The van der Waals surface area contributed by atoms with E-state index in [1.807, 2.05) is 30.3 Å². The Morgan fingerprint density at radius 3 is 2.53 bits per heavy atom. The molecule has 0 aliphatic carbocycles. The van der Waals surface area contributed by atoms with Crippen molar-refractivity contribution < 1.29 is 38.9 Å². The lowest BCUT2D eigenvalue weighted by molar-refractivity contribution is -0.361. The first-order valence-corrected chi connectivity index (χ1v) is 10.8. The molecule has 2 saturated heterocycles. The summed E-state index contributed by atoms with van der Waals surface area (Å²) < 4.78 is 29.5. The van der Waals surface area contributed by atoms with Crippen molar-refractivity contribution in [3.8, 4) is 11.5 Å². The molecule has 0 aromatic heterocycles. The molecule has 2 bridgehead atoms. The molecule has 0 radical (unpaired) electrons. The Morgan fingerprint density at radius 1 is 1.15 bits per heavy atom. The summed E-state index contributed by atoms with van der Waals surface area (Å²) in [6.07, 6.45) is -3.30. The van der Waals surface area contributed by atoms with Crippen molar-refractivity contribution in [1.82, 2.24) is 0 Å². The van der Waals surface area contributed by atoms with Crippen LogP contribution in [-0.2, 0) is 25.7 Å². The van der Waals surface area contributed by atoms with Gasteiger partial charge in [-0.1, -0.05) is 35.4 Å². The standard InChI is InChI=1S/C23H27N3O8/c1-29-16-7-9-17(10-8-16)30-14-20-23(31-13-15-5-3-2-4-6-15)11-19(18(12-27)25-26-24)32-22(33-20)21(23)34-28/h2-10,18-22,27-28H,11-14H2,1H3/t18?,19-,20-,21-,22?,23+/m1/s1. The Morgan fingerprint density at radius 2 is 1.88 bits per heavy atom. The molecule has 0 spiro atoms. The summed E-state index contributed by atoms with van der Waals surface area (Å²) in [6, 6.07) is 15.7. The highest BCUT2D eigenvalue weighted by Crippen LogP contribution is 2.46. The fourth-order valence-corrected chi connectivity index (χ4v) is 4.36. The van der Waals surface area contributed by atoms with Crippen molar-refractivity contribution in [3.05, 3.63) is 70.6 Å². The largest absolute Gasteiger partial charge is 0.497 e. The lowest BCUT2D eigenvalue weighted by Crippen LogP contribution is -2.60. The molecule has 11 nitrogen and oxygen atoms in total. The molecule has 0 saturated carbocycles. The first kappa shape index (κ1) is 24.2. The maximum atomic E-state index is 9.75. The molecule has 2 aliphatic rings. The maximum absolute atomic E-state index is 9.75. The van der Waals surface area contributed by atoms with E-state index in [1.54, 1.807) is 31.4 Å². The molecule has 182 valence electrons. The number of rotatable bonds is 11. The molecule has 4 rings (SSSR count). The molecule has 34 heavy (non-hydrogen) atoms. The molecule has 2 aromatic carbocycles. The highest BCUT2D eigenvalue weighted by molar-refractivity contribution is 5.31. The summed E-state index contributed by atoms with van der Waals surface area (Å²) in [7, 11) is 1.58. The lowest BCUT2D eigenvalue weighted by Gasteiger charge is -2.43. The van der Waals surface area contributed by atoms with E-state index >= 15 is 0 Å². The van der Waals surface area contributed by atoms with Crippen LogP contribution < -0.4 is 9.47 Å². The molecule has 2 N–H and O–H groups in total. The number of fused-ring (bicyclic) bond motifs is 2. The van der Waals surface area contributed by atoms with Gasteiger partial charge in [-0.3, -0.25) is 5.26 Å². The third-order valence-electron chi connectivity index (χ3n) is 6.14. The van der Waals surface area contributed by atoms with Gasteiger partial charge in [0.1, 0.15) is 29.8 Å². The molecule has 2 aliphatic heterocycles. The van der Waals surface area contributed by atoms with E-state index < -0.39 is 42.9 Å². The number of nitrogens with zero attached hydrogens (tertiary/aromatic N) is 3. The quantitative estimate of drug-likeness (QED) is 0.167. The second-order valence-electron chi connectivity index (χ2n) is 8.07. The summed E-state index contributed by atoms with van der Waals surface area (Å²) in [4.78, 5) is 7.60. The number of methoxy groups -OCH3 is 1. The molecule has 2 unspecified atom stereocenters. The topological polar surface area (TPSA) is 145 Å². The van der Waals surface area contributed by atoms with Gasteiger partial charge in [0.05, 0.1) is 32.5 Å². The molecule has 2 aromatic rings. The number of hydrogen-bond donors (Lipinski definition) is 2. The van der Waals surface area contributed by atoms with E-state index in [4.69, 9.17) is 34.1 Å². The van der Waals surface area contributed by atoms with E-state index in [9.17, 15) is 10.4 Å². The van der Waals surface area contributed by atoms with Crippen LogP contribution in [-0.4, -0.2) is 66.9 Å². The van der Waals surface area contributed by atoms with Crippen LogP contribution in [0.5, 0.6) is 11.5 Å². The highest BCUT2D eigenvalue weighted by Gasteiger charge is 2.65. The summed E-state index contributed by atoms with van der Waals surface area (Å²) in [5.41, 5.74) is 8.60. The van der Waals surface area contributed by atoms with Crippen LogP contribution >= 0.6 is 0 Å². The second kappa shape index (κ2) is 11.0. The van der Waals surface area contributed by atoms with E-state index in [1.165, 1.54) is 0 Å². The molecule has 2 fully saturated rings. The van der Waals surface area contributed by atoms with E-state index in [0.717, 1.165) is 5.56 Å². The van der Waals surface area contributed by atoms with Gasteiger partial charge in [0, 0.05) is 11.3 Å². The predicted molar refractivity (Wildman–Crippen MR) is 118 cm³/mol. The summed E-state index contributed by atoms with van der Waals surface area (Å²) >= 11 is 0. The van der Waals surface area contributed by atoms with Gasteiger partial charge >= 0.3 is 0 Å². The third kappa shape index (κ3) is 4.96. The zero-order valence-corrected chi connectivity index (χ0v) is 18.6. The van der Waals surface area contributed by atoms with Crippen LogP contribution in [0.1, 0.15) is 12.0 Å². The van der Waals surface area contributed by atoms with Gasteiger partial charge in [0.25, 0.3) is 0 Å². The number of benzene rings is 2. The number of hydrogen-bond acceptors (Lipinski definition) is 9. The third-order valence-corrected chi connectivity index (χ3v) is 6.14. The van der Waals surface area contributed by atoms with Crippen molar-refractivity contribution >= 4 is 0 Å². The molecule has 11 heteroatoms. The molecular weight excluding hydrogens is 446 g/mol. The van der Waals surface area contributed by atoms with Gasteiger partial charge in [-0.15, -0.1) is 0 Å². The van der Waals surface area contributed by atoms with E-state index in [-0.39, 0.29) is 19.6 Å². The minimum absolute atomic E-state index is 0.0683. The number of ether oxygens (including phenoxy) is 5. The Bertz CT molecular complexity index is 972. The van der Waals surface area contributed by atoms with Gasteiger partial charge in [-0.25, -0.2) is 4.89 Å². The van der Waals surface area contributed by atoms with E-state index in [0.29, 0.717) is 11.5 Å². The Hall–Kier alpha value is -2.89. The summed E-state index contributed by atoms with van der Waals surface area (Å²) in [5.74, 6) is 1.28. The van der Waals surface area contributed by atoms with Gasteiger partial charge < -0.3 is 28.8 Å². The molecule has 2 heterocycles. The smallest absolute Gasteiger partial charge is 0.190 e. The zero-order valence-electron chi connectivity index (χ0n) is 18.6. The number of aliphatic hydroxyl groups excluding tert-OH is 1. The minimum Gasteiger partial charge on any atom is -0.497 e. The lowest BCUT2D eigenvalue weighted by atomic mass is 9.82. The average Bonchev–Trinajstić information content (AvgIpc) is 3.06. The molecule has 0 amide bonds. The van der Waals surface area contributed by atoms with Gasteiger partial charge in [0.15, 0.2) is 12.4 Å². The average molecular weight is 473 g/mol. The monoisotopic (exact) mass is 473 g/mol. The Labute approximate surface area is 196 Å². The van der Waals surface area contributed by atoms with Crippen molar-refractivity contribution in [3.63, 3.8) is 0 Å². The van der Waals surface area contributed by atoms with Crippen LogP contribution in [0.4, 0.5) is 0 Å². The second-order valence-corrected chi connectivity index (χ2v) is 8.07. The Kier molecular flexibility index (Phi) is 7.86. The SMILES string of the molecule is COc1ccc(OC[C@H]2OC3O[C@@H](C(CO)N=[N+]=[N-])C[C@@]2(OCc2ccccc2)[C@@H]3OO)cc1. The minimum atomic E-state index is -1.21. The number of aliphatic hydroxyl groups is 1. The van der Waals surface area contributed by atoms with Crippen LogP contribution in [0.2, 0.25) is 0 Å². The Balaban J connectivity index is 1.59. The van der Waals surface area contributed by atoms with Crippen molar-refractivity contribution in [2.75, 3.05) is 20.3 Å². The van der Waals surface area contributed by atoms with Crippen molar-refractivity contribution in [1.29, 1.82) is 0 Å². The fraction of sp³-hybridized carbons (Fsp3) is 0.478. The molecular formula is C23H27N3O8. The van der Waals surface area contributed by atoms with Crippen molar-refractivity contribution in [2.45, 2.75) is 49.3 Å². The van der Waals surface area contributed by atoms with Gasteiger partial charge in [-0.05, 0) is 35.4 Å². The maximum Gasteiger partial charge on any atom is 0.190 e. The first-order chi connectivity index (χ1) is 16.6. The van der Waals surface area contributed by atoms with Crippen molar-refractivity contribution in [2.24, 2.45) is 5.11 Å². The molecule has 6 atom stereocenters. The van der Waals surface area contributed by atoms with Crippen LogP contribution in [0.15, 0.2) is 59.7 Å². The predicted octanol–water partition coefficient (Wildman–Crippen LogP) is 3.07. The van der Waals surface area contributed by atoms with Crippen LogP contribution in [0, 0.1) is 0 Å². The summed E-state index contributed by atoms with van der Waals surface area (Å²) in [5, 5.41) is 23.1. The number of azide groups is 1. The fourth-order valence-electron chi connectivity index (χ4n) is 4.36. The van der Waals surface area contributed by atoms with Crippen LogP contribution in [0.3, 0.4) is 0 Å². The van der Waals surface area contributed by atoms with Crippen LogP contribution in [0.25, 0.3) is 10.4 Å². The van der Waals surface area contributed by atoms with Gasteiger partial charge in [-0.2, -0.15) is 0 Å². The normalized spacial score (nSPS) is 28.7.